The van der Waals surface area contributed by atoms with E-state index in [0.717, 1.165) is 17.3 Å². The van der Waals surface area contributed by atoms with Crippen molar-refractivity contribution in [3.8, 4) is 0 Å². The number of esters is 1. The molecule has 25 heavy (non-hydrogen) atoms. The van der Waals surface area contributed by atoms with E-state index < -0.39 is 22.7 Å². The number of rotatable bonds is 5. The summed E-state index contributed by atoms with van der Waals surface area (Å²) in [5.41, 5.74) is 6.44. The third-order valence-corrected chi connectivity index (χ3v) is 4.26. The fourth-order valence-corrected chi connectivity index (χ4v) is 2.75. The maximum absolute atomic E-state index is 12.2. The van der Waals surface area contributed by atoms with Gasteiger partial charge in [-0.25, -0.2) is 4.98 Å². The second-order valence-electron chi connectivity index (χ2n) is 5.23. The fourth-order valence-electron chi connectivity index (χ4n) is 1.92. The number of aromatic nitrogens is 2. The first-order chi connectivity index (χ1) is 11.8. The van der Waals surface area contributed by atoms with Gasteiger partial charge in [-0.2, -0.15) is 0 Å². The van der Waals surface area contributed by atoms with Crippen LogP contribution >= 0.6 is 11.8 Å². The van der Waals surface area contributed by atoms with Gasteiger partial charge < -0.3 is 15.8 Å². The van der Waals surface area contributed by atoms with E-state index in [0.29, 0.717) is 5.56 Å². The van der Waals surface area contributed by atoms with E-state index in [2.05, 4.69) is 20.0 Å². The molecule has 0 saturated carbocycles. The van der Waals surface area contributed by atoms with Crippen LogP contribution < -0.4 is 16.6 Å². The lowest BCUT2D eigenvalue weighted by Crippen LogP contribution is -2.24. The Bertz CT molecular complexity index is 848. The number of aryl methyl sites for hydroxylation is 1. The number of anilines is 2. The highest BCUT2D eigenvalue weighted by Gasteiger charge is 2.19. The quantitative estimate of drug-likeness (QED) is 0.418. The number of carbonyl (C=O) groups excluding carboxylic acids is 2. The lowest BCUT2D eigenvalue weighted by Gasteiger charge is -2.10. The van der Waals surface area contributed by atoms with E-state index in [1.54, 1.807) is 31.2 Å². The van der Waals surface area contributed by atoms with E-state index in [4.69, 9.17) is 5.73 Å². The van der Waals surface area contributed by atoms with Crippen LogP contribution in [0, 0.1) is 6.92 Å². The number of methoxy groups -OCH3 is 1. The zero-order chi connectivity index (χ0) is 18.6. The van der Waals surface area contributed by atoms with Crippen LogP contribution in [-0.2, 0) is 9.53 Å². The highest BCUT2D eigenvalue weighted by Crippen LogP contribution is 2.22. The van der Waals surface area contributed by atoms with Crippen molar-refractivity contribution in [1.82, 2.24) is 9.97 Å². The first kappa shape index (κ1) is 18.5. The molecule has 2 rings (SSSR count). The van der Waals surface area contributed by atoms with Gasteiger partial charge in [0.1, 0.15) is 10.9 Å². The number of benzene rings is 1. The van der Waals surface area contributed by atoms with Crippen LogP contribution in [0.2, 0.25) is 0 Å². The molecule has 1 aromatic carbocycles. The number of nitrogens with zero attached hydrogens (tertiary/aromatic N) is 1. The highest BCUT2D eigenvalue weighted by atomic mass is 32.2. The van der Waals surface area contributed by atoms with Gasteiger partial charge in [-0.3, -0.25) is 19.4 Å². The van der Waals surface area contributed by atoms with Gasteiger partial charge in [0.25, 0.3) is 11.5 Å². The van der Waals surface area contributed by atoms with Gasteiger partial charge in [0.15, 0.2) is 11.0 Å². The summed E-state index contributed by atoms with van der Waals surface area (Å²) in [6, 6.07) is 6.86. The largest absolute Gasteiger partial charge is 0.468 e. The summed E-state index contributed by atoms with van der Waals surface area (Å²) < 4.78 is 4.61. The van der Waals surface area contributed by atoms with Crippen LogP contribution in [0.25, 0.3) is 0 Å². The smallest absolute Gasteiger partial charge is 0.318 e. The molecule has 0 fully saturated rings. The molecule has 0 saturated heterocycles. The molecule has 2 aromatic rings. The molecule has 0 unspecified atom stereocenters. The van der Waals surface area contributed by atoms with Crippen molar-refractivity contribution in [2.45, 2.75) is 24.3 Å². The molecule has 1 heterocycles. The number of carbonyl (C=O) groups is 2. The van der Waals surface area contributed by atoms with Crippen molar-refractivity contribution in [1.29, 1.82) is 0 Å². The molecule has 0 aliphatic heterocycles. The lowest BCUT2D eigenvalue weighted by atomic mass is 10.1. The molecule has 132 valence electrons. The number of amides is 1. The van der Waals surface area contributed by atoms with E-state index in [1.165, 1.54) is 7.11 Å². The Morgan fingerprint density at radius 3 is 2.52 bits per heavy atom. The average molecular weight is 362 g/mol. The summed E-state index contributed by atoms with van der Waals surface area (Å²) in [5, 5.41) is 2.05. The molecule has 8 nitrogen and oxygen atoms in total. The predicted molar refractivity (Wildman–Crippen MR) is 95.7 cm³/mol. The van der Waals surface area contributed by atoms with Crippen LogP contribution in [0.1, 0.15) is 22.8 Å². The minimum Gasteiger partial charge on any atom is -0.468 e. The van der Waals surface area contributed by atoms with Crippen molar-refractivity contribution >= 4 is 35.1 Å². The molecule has 0 spiro atoms. The number of thioether (sulfide) groups is 1. The topological polar surface area (TPSA) is 127 Å². The minimum atomic E-state index is -0.604. The number of hydrogen-bond donors (Lipinski definition) is 3. The number of ether oxygens (including phenoxy) is 1. The Morgan fingerprint density at radius 2 is 1.96 bits per heavy atom. The normalized spacial score (nSPS) is 11.6. The van der Waals surface area contributed by atoms with Crippen LogP contribution in [0.15, 0.2) is 34.2 Å². The Hall–Kier alpha value is -2.81. The predicted octanol–water partition coefficient (Wildman–Crippen LogP) is 1.57. The molecular formula is C16H18N4O4S. The van der Waals surface area contributed by atoms with Gasteiger partial charge in [-0.05, 0) is 26.0 Å². The molecule has 0 radical (unpaired) electrons. The monoisotopic (exact) mass is 362 g/mol. The van der Waals surface area contributed by atoms with Gasteiger partial charge >= 0.3 is 5.97 Å². The first-order valence-electron chi connectivity index (χ1n) is 7.34. The average Bonchev–Trinajstić information content (AvgIpc) is 2.57. The van der Waals surface area contributed by atoms with Gasteiger partial charge in [0.05, 0.1) is 7.11 Å². The second kappa shape index (κ2) is 7.84. The Morgan fingerprint density at radius 1 is 1.32 bits per heavy atom. The number of hydrogen-bond acceptors (Lipinski definition) is 7. The van der Waals surface area contributed by atoms with E-state index in [9.17, 15) is 14.4 Å². The van der Waals surface area contributed by atoms with Crippen LogP contribution in [0.5, 0.6) is 0 Å². The Labute approximate surface area is 148 Å². The third kappa shape index (κ3) is 4.60. The number of nitrogen functional groups attached to an aromatic ring is 1. The summed E-state index contributed by atoms with van der Waals surface area (Å²) in [6.07, 6.45) is 0. The number of nitrogens with one attached hydrogen (secondary N) is 2. The minimum absolute atomic E-state index is 0.135. The molecule has 0 aliphatic carbocycles. The summed E-state index contributed by atoms with van der Waals surface area (Å²) in [5.74, 6) is -1.06. The second-order valence-corrected chi connectivity index (χ2v) is 6.56. The van der Waals surface area contributed by atoms with E-state index in [1.807, 2.05) is 6.92 Å². The first-order valence-corrected chi connectivity index (χ1v) is 8.22. The Balaban J connectivity index is 2.20. The van der Waals surface area contributed by atoms with Gasteiger partial charge in [0.2, 0.25) is 0 Å². The van der Waals surface area contributed by atoms with E-state index >= 15 is 0 Å². The standard InChI is InChI=1S/C16H18N4O4S/c1-8-4-6-10(7-5-8)13(21)18-11-12(17)19-16(20-14(11)22)25-9(2)15(23)24-3/h4-7,9H,1-3H3,(H,18,21)(H3,17,19,20,22)/t9-/m0/s1. The molecule has 1 atom stereocenters. The summed E-state index contributed by atoms with van der Waals surface area (Å²) >= 11 is 0.996. The maximum Gasteiger partial charge on any atom is 0.318 e. The SMILES string of the molecule is COC(=O)[C@H](C)Sc1nc(N)c(NC(=O)c2ccc(C)cc2)c(=O)[nH]1. The summed E-state index contributed by atoms with van der Waals surface area (Å²) in [4.78, 5) is 42.3. The van der Waals surface area contributed by atoms with Crippen molar-refractivity contribution in [2.75, 3.05) is 18.2 Å². The van der Waals surface area contributed by atoms with Crippen LogP contribution in [0.3, 0.4) is 0 Å². The zero-order valence-corrected chi connectivity index (χ0v) is 14.8. The zero-order valence-electron chi connectivity index (χ0n) is 14.0. The highest BCUT2D eigenvalue weighted by molar-refractivity contribution is 8.00. The summed E-state index contributed by atoms with van der Waals surface area (Å²) in [6.45, 7) is 3.51. The summed E-state index contributed by atoms with van der Waals surface area (Å²) in [7, 11) is 1.27. The van der Waals surface area contributed by atoms with Gasteiger partial charge in [-0.15, -0.1) is 0 Å². The van der Waals surface area contributed by atoms with Gasteiger partial charge in [0, 0.05) is 5.56 Å². The molecule has 4 N–H and O–H groups in total. The van der Waals surface area contributed by atoms with Crippen LogP contribution in [0.4, 0.5) is 11.5 Å². The Kier molecular flexibility index (Phi) is 5.81. The molecular weight excluding hydrogens is 344 g/mol. The lowest BCUT2D eigenvalue weighted by molar-refractivity contribution is -0.139. The van der Waals surface area contributed by atoms with E-state index in [-0.39, 0.29) is 16.7 Å². The molecule has 9 heteroatoms. The van der Waals surface area contributed by atoms with Crippen molar-refractivity contribution in [3.05, 3.63) is 45.7 Å². The van der Waals surface area contributed by atoms with Crippen molar-refractivity contribution in [3.63, 3.8) is 0 Å². The number of aromatic amines is 1. The van der Waals surface area contributed by atoms with Gasteiger partial charge in [-0.1, -0.05) is 29.5 Å². The van der Waals surface area contributed by atoms with Crippen molar-refractivity contribution in [2.24, 2.45) is 0 Å². The van der Waals surface area contributed by atoms with Crippen molar-refractivity contribution < 1.29 is 14.3 Å². The van der Waals surface area contributed by atoms with Crippen LogP contribution in [-0.4, -0.2) is 34.2 Å². The molecule has 0 bridgehead atoms. The fraction of sp³-hybridized carbons (Fsp3) is 0.250. The molecule has 0 aliphatic rings. The maximum atomic E-state index is 12.2. The number of H-pyrrole nitrogens is 1. The molecule has 1 aromatic heterocycles. The third-order valence-electron chi connectivity index (χ3n) is 3.30. The molecule has 1 amide bonds. The number of nitrogens with two attached hydrogens (primary N) is 1.